The van der Waals surface area contributed by atoms with E-state index < -0.39 is 33.6 Å². The molecule has 0 spiro atoms. The van der Waals surface area contributed by atoms with Crippen LogP contribution < -0.4 is 14.4 Å². The third kappa shape index (κ3) is 5.44. The molecule has 0 fully saturated rings. The van der Waals surface area contributed by atoms with Crippen LogP contribution >= 0.6 is 0 Å². The van der Waals surface area contributed by atoms with Crippen LogP contribution in [-0.4, -0.2) is 33.7 Å². The molecule has 1 N–H and O–H groups in total. The lowest BCUT2D eigenvalue weighted by Gasteiger charge is -2.30. The molecule has 2 atom stereocenters. The molecule has 0 saturated carbocycles. The van der Waals surface area contributed by atoms with Gasteiger partial charge in [-0.2, -0.15) is 0 Å². The zero-order valence-corrected chi connectivity index (χ0v) is 17.5. The summed E-state index contributed by atoms with van der Waals surface area (Å²) in [7, 11) is -2.39. The van der Waals surface area contributed by atoms with Crippen molar-refractivity contribution in [2.24, 2.45) is 0 Å². The van der Waals surface area contributed by atoms with Gasteiger partial charge in [-0.1, -0.05) is 19.1 Å². The van der Waals surface area contributed by atoms with Crippen LogP contribution in [0.4, 0.5) is 14.5 Å². The molecule has 0 unspecified atom stereocenters. The molecule has 6 nitrogen and oxygen atoms in total. The maximum Gasteiger partial charge on any atom is 0.244 e. The largest absolute Gasteiger partial charge is 0.497 e. The molecule has 1 amide bonds. The van der Waals surface area contributed by atoms with E-state index in [4.69, 9.17) is 4.74 Å². The van der Waals surface area contributed by atoms with E-state index in [1.54, 1.807) is 19.2 Å². The number of nitrogens with zero attached hydrogens (tertiary/aromatic N) is 1. The summed E-state index contributed by atoms with van der Waals surface area (Å²) in [5.41, 5.74) is 0.694. The van der Waals surface area contributed by atoms with E-state index in [-0.39, 0.29) is 11.7 Å². The van der Waals surface area contributed by atoms with Gasteiger partial charge in [0.05, 0.1) is 25.1 Å². The van der Waals surface area contributed by atoms with Crippen LogP contribution in [0, 0.1) is 11.6 Å². The van der Waals surface area contributed by atoms with Crippen molar-refractivity contribution < 1.29 is 26.7 Å². The quantitative estimate of drug-likeness (QED) is 0.702. The van der Waals surface area contributed by atoms with E-state index in [2.05, 4.69) is 5.32 Å². The second kappa shape index (κ2) is 9.21. The maximum atomic E-state index is 13.6. The molecule has 0 radical (unpaired) electrons. The molecule has 2 rings (SSSR count). The van der Waals surface area contributed by atoms with Crippen molar-refractivity contribution in [1.29, 1.82) is 0 Å². The SMILES string of the molecule is CC[C@H](NC(=O)[C@@H](C)N(c1ccc(F)c(F)c1)S(C)(=O)=O)c1ccc(OC)cc1. The Bertz CT molecular complexity index is 965. The molecule has 9 heteroatoms. The fourth-order valence-electron chi connectivity index (χ4n) is 2.98. The van der Waals surface area contributed by atoms with Gasteiger partial charge in [-0.25, -0.2) is 17.2 Å². The highest BCUT2D eigenvalue weighted by Crippen LogP contribution is 2.25. The van der Waals surface area contributed by atoms with Crippen molar-refractivity contribution in [3.63, 3.8) is 0 Å². The average molecular weight is 426 g/mol. The van der Waals surface area contributed by atoms with Gasteiger partial charge in [0.15, 0.2) is 11.6 Å². The Morgan fingerprint density at radius 1 is 1.14 bits per heavy atom. The van der Waals surface area contributed by atoms with E-state index in [0.29, 0.717) is 12.2 Å². The number of carbonyl (C=O) groups is 1. The molecule has 0 aromatic heterocycles. The van der Waals surface area contributed by atoms with Gasteiger partial charge in [-0.3, -0.25) is 9.10 Å². The van der Waals surface area contributed by atoms with E-state index in [1.807, 2.05) is 19.1 Å². The third-order valence-electron chi connectivity index (χ3n) is 4.49. The second-order valence-corrected chi connectivity index (χ2v) is 8.44. The maximum absolute atomic E-state index is 13.6. The van der Waals surface area contributed by atoms with Crippen LogP contribution in [0.15, 0.2) is 42.5 Å². The van der Waals surface area contributed by atoms with Crippen LogP contribution in [0.2, 0.25) is 0 Å². The van der Waals surface area contributed by atoms with E-state index in [9.17, 15) is 22.0 Å². The van der Waals surface area contributed by atoms with Crippen molar-refractivity contribution in [1.82, 2.24) is 5.32 Å². The number of rotatable bonds is 8. The molecule has 0 heterocycles. The number of methoxy groups -OCH3 is 1. The van der Waals surface area contributed by atoms with E-state index in [1.165, 1.54) is 6.92 Å². The molecule has 158 valence electrons. The molecule has 2 aromatic rings. The molecule has 0 bridgehead atoms. The zero-order chi connectivity index (χ0) is 21.8. The second-order valence-electron chi connectivity index (χ2n) is 6.58. The Balaban J connectivity index is 2.28. The smallest absolute Gasteiger partial charge is 0.244 e. The highest BCUT2D eigenvalue weighted by Gasteiger charge is 2.30. The number of ether oxygens (including phenoxy) is 1. The first-order chi connectivity index (χ1) is 13.6. The van der Waals surface area contributed by atoms with Crippen LogP contribution in [0.1, 0.15) is 31.9 Å². The Hall–Kier alpha value is -2.68. The highest BCUT2D eigenvalue weighted by atomic mass is 32.2. The molecular formula is C20H24F2N2O4S. The van der Waals surface area contributed by atoms with E-state index in [0.717, 1.165) is 34.3 Å². The van der Waals surface area contributed by atoms with E-state index >= 15 is 0 Å². The predicted octanol–water partition coefficient (Wildman–Crippen LogP) is 3.40. The lowest BCUT2D eigenvalue weighted by atomic mass is 10.0. The fourth-order valence-corrected chi connectivity index (χ4v) is 4.15. The molecular weight excluding hydrogens is 402 g/mol. The minimum absolute atomic E-state index is 0.133. The minimum atomic E-state index is -3.94. The standard InChI is InChI=1S/C20H24F2N2O4S/c1-5-19(14-6-9-16(28-3)10-7-14)23-20(25)13(2)24(29(4,26)27)15-8-11-17(21)18(22)12-15/h6-13,19H,5H2,1-4H3,(H,23,25)/t13-,19+/m1/s1. The van der Waals surface area contributed by atoms with Crippen LogP contribution in [-0.2, 0) is 14.8 Å². The number of halogens is 2. The Morgan fingerprint density at radius 2 is 1.76 bits per heavy atom. The molecule has 0 aliphatic rings. The van der Waals surface area contributed by atoms with Gasteiger partial charge in [0.1, 0.15) is 11.8 Å². The van der Waals surface area contributed by atoms with Crippen molar-refractivity contribution in [2.45, 2.75) is 32.4 Å². The third-order valence-corrected chi connectivity index (χ3v) is 5.73. The summed E-state index contributed by atoms with van der Waals surface area (Å²) in [5.74, 6) is -2.20. The summed E-state index contributed by atoms with van der Waals surface area (Å²) >= 11 is 0. The molecule has 29 heavy (non-hydrogen) atoms. The number of carbonyl (C=O) groups excluding carboxylic acids is 1. The molecule has 0 aliphatic carbocycles. The number of hydrogen-bond donors (Lipinski definition) is 1. The van der Waals surface area contributed by atoms with Crippen molar-refractivity contribution in [3.8, 4) is 5.75 Å². The van der Waals surface area contributed by atoms with Gasteiger partial charge in [0.25, 0.3) is 0 Å². The van der Waals surface area contributed by atoms with Gasteiger partial charge in [0, 0.05) is 6.07 Å². The Labute approximate surface area is 169 Å². The summed E-state index contributed by atoms with van der Waals surface area (Å²) in [6.07, 6.45) is 1.47. The highest BCUT2D eigenvalue weighted by molar-refractivity contribution is 7.92. The fraction of sp³-hybridized carbons (Fsp3) is 0.350. The minimum Gasteiger partial charge on any atom is -0.497 e. The number of amides is 1. The van der Waals surface area contributed by atoms with Gasteiger partial charge in [-0.15, -0.1) is 0 Å². The lowest BCUT2D eigenvalue weighted by molar-refractivity contribution is -0.122. The number of anilines is 1. The van der Waals surface area contributed by atoms with Crippen molar-refractivity contribution in [2.75, 3.05) is 17.7 Å². The summed E-state index contributed by atoms with van der Waals surface area (Å²) in [4.78, 5) is 12.8. The predicted molar refractivity (Wildman–Crippen MR) is 107 cm³/mol. The van der Waals surface area contributed by atoms with Crippen LogP contribution in [0.5, 0.6) is 5.75 Å². The first-order valence-corrected chi connectivity index (χ1v) is 10.8. The van der Waals surface area contributed by atoms with Gasteiger partial charge >= 0.3 is 0 Å². The summed E-state index contributed by atoms with van der Waals surface area (Å²) in [6.45, 7) is 3.27. The molecule has 0 saturated heterocycles. The summed E-state index contributed by atoms with van der Waals surface area (Å²) in [5, 5.41) is 2.81. The van der Waals surface area contributed by atoms with Gasteiger partial charge < -0.3 is 10.1 Å². The topological polar surface area (TPSA) is 75.7 Å². The Kier molecular flexibility index (Phi) is 7.18. The van der Waals surface area contributed by atoms with Crippen molar-refractivity contribution >= 4 is 21.6 Å². The number of sulfonamides is 1. The monoisotopic (exact) mass is 426 g/mol. The van der Waals surface area contributed by atoms with Crippen molar-refractivity contribution in [3.05, 3.63) is 59.7 Å². The number of benzene rings is 2. The van der Waals surface area contributed by atoms with Crippen LogP contribution in [0.3, 0.4) is 0 Å². The first kappa shape index (κ1) is 22.6. The lowest BCUT2D eigenvalue weighted by Crippen LogP contribution is -2.48. The zero-order valence-electron chi connectivity index (χ0n) is 16.6. The van der Waals surface area contributed by atoms with Gasteiger partial charge in [0.2, 0.25) is 15.9 Å². The van der Waals surface area contributed by atoms with Gasteiger partial charge in [-0.05, 0) is 43.2 Å². The average Bonchev–Trinajstić information content (AvgIpc) is 2.67. The first-order valence-electron chi connectivity index (χ1n) is 8.97. The van der Waals surface area contributed by atoms with Crippen LogP contribution in [0.25, 0.3) is 0 Å². The molecule has 2 aromatic carbocycles. The Morgan fingerprint density at radius 3 is 2.24 bits per heavy atom. The number of nitrogens with one attached hydrogen (secondary N) is 1. The molecule has 0 aliphatic heterocycles. The normalized spacial score (nSPS) is 13.4. The summed E-state index contributed by atoms with van der Waals surface area (Å²) < 4.78 is 57.3. The summed E-state index contributed by atoms with van der Waals surface area (Å²) in [6, 6.07) is 8.29. The number of hydrogen-bond acceptors (Lipinski definition) is 4.